The van der Waals surface area contributed by atoms with Crippen molar-refractivity contribution in [2.45, 2.75) is 10.8 Å². The Kier molecular flexibility index (Phi) is 5.68. The molecule has 0 spiro atoms. The highest BCUT2D eigenvalue weighted by Crippen LogP contribution is 2.24. The molecule has 4 nitrogen and oxygen atoms in total. The molecule has 0 aliphatic heterocycles. The van der Waals surface area contributed by atoms with Crippen LogP contribution in [0, 0.1) is 0 Å². The van der Waals surface area contributed by atoms with Gasteiger partial charge in [0, 0.05) is 23.9 Å². The molecule has 102 valence electrons. The van der Waals surface area contributed by atoms with Crippen molar-refractivity contribution < 1.29 is 9.53 Å². The van der Waals surface area contributed by atoms with Crippen molar-refractivity contribution in [3.8, 4) is 5.75 Å². The van der Waals surface area contributed by atoms with Crippen LogP contribution >= 0.6 is 34.4 Å². The fraction of sp³-hybridized carbons (Fsp3) is 0.333. The third-order valence-electron chi connectivity index (χ3n) is 2.30. The Morgan fingerprint density at radius 2 is 2.37 bits per heavy atom. The zero-order valence-corrected chi connectivity index (χ0v) is 12.9. The SMILES string of the molecule is COc1ccsc1C(=O)NCCCSc1nccs1. The van der Waals surface area contributed by atoms with Gasteiger partial charge in [0.05, 0.1) is 7.11 Å². The van der Waals surface area contributed by atoms with Crippen molar-refractivity contribution >= 4 is 40.3 Å². The molecule has 0 saturated heterocycles. The first-order chi connectivity index (χ1) is 9.31. The van der Waals surface area contributed by atoms with E-state index in [1.165, 1.54) is 11.3 Å². The van der Waals surface area contributed by atoms with E-state index in [2.05, 4.69) is 10.3 Å². The van der Waals surface area contributed by atoms with Crippen LogP contribution in [0.1, 0.15) is 16.1 Å². The Morgan fingerprint density at radius 1 is 1.47 bits per heavy atom. The molecule has 1 N–H and O–H groups in total. The second-order valence-corrected chi connectivity index (χ2v) is 6.73. The molecule has 2 aromatic rings. The molecule has 0 aliphatic rings. The Labute approximate surface area is 124 Å². The van der Waals surface area contributed by atoms with Crippen molar-refractivity contribution in [2.75, 3.05) is 19.4 Å². The maximum atomic E-state index is 11.9. The Morgan fingerprint density at radius 3 is 3.11 bits per heavy atom. The van der Waals surface area contributed by atoms with Crippen molar-refractivity contribution in [2.24, 2.45) is 0 Å². The lowest BCUT2D eigenvalue weighted by Gasteiger charge is -2.04. The number of thiophene rings is 1. The third kappa shape index (κ3) is 4.22. The Balaban J connectivity index is 1.67. The van der Waals surface area contributed by atoms with E-state index in [-0.39, 0.29) is 5.91 Å². The first-order valence-corrected chi connectivity index (χ1v) is 8.47. The quantitative estimate of drug-likeness (QED) is 0.630. The van der Waals surface area contributed by atoms with E-state index in [1.807, 2.05) is 10.8 Å². The maximum absolute atomic E-state index is 11.9. The lowest BCUT2D eigenvalue weighted by molar-refractivity contribution is 0.0955. The van der Waals surface area contributed by atoms with E-state index in [0.717, 1.165) is 16.5 Å². The van der Waals surface area contributed by atoms with Crippen molar-refractivity contribution in [3.63, 3.8) is 0 Å². The van der Waals surface area contributed by atoms with E-state index >= 15 is 0 Å². The van der Waals surface area contributed by atoms with E-state index < -0.39 is 0 Å². The smallest absolute Gasteiger partial charge is 0.265 e. The fourth-order valence-corrected chi connectivity index (χ4v) is 3.84. The number of carbonyl (C=O) groups excluding carboxylic acids is 1. The number of nitrogens with zero attached hydrogens (tertiary/aromatic N) is 1. The van der Waals surface area contributed by atoms with E-state index in [4.69, 9.17) is 4.74 Å². The van der Waals surface area contributed by atoms with E-state index in [0.29, 0.717) is 17.2 Å². The Bertz CT molecular complexity index is 511. The molecule has 7 heteroatoms. The molecule has 0 saturated carbocycles. The average molecular weight is 314 g/mol. The molecule has 2 aromatic heterocycles. The standard InChI is InChI=1S/C12H14N2O2S3/c1-16-9-3-7-17-10(9)11(15)13-4-2-6-18-12-14-5-8-19-12/h3,5,7-8H,2,4,6H2,1H3,(H,13,15). The lowest BCUT2D eigenvalue weighted by atomic mass is 10.4. The van der Waals surface area contributed by atoms with Gasteiger partial charge < -0.3 is 10.1 Å². The number of carbonyl (C=O) groups is 1. The van der Waals surface area contributed by atoms with Gasteiger partial charge in [0.15, 0.2) is 0 Å². The number of thiazole rings is 1. The van der Waals surface area contributed by atoms with Crippen LogP contribution in [0.5, 0.6) is 5.75 Å². The molecule has 0 fully saturated rings. The predicted octanol–water partition coefficient (Wildman–Crippen LogP) is 3.13. The first kappa shape index (κ1) is 14.4. The number of aromatic nitrogens is 1. The number of hydrogen-bond donors (Lipinski definition) is 1. The zero-order valence-electron chi connectivity index (χ0n) is 10.4. The number of hydrogen-bond acceptors (Lipinski definition) is 6. The second kappa shape index (κ2) is 7.52. The van der Waals surface area contributed by atoms with Gasteiger partial charge in [-0.15, -0.1) is 22.7 Å². The summed E-state index contributed by atoms with van der Waals surface area (Å²) < 4.78 is 6.20. The number of ether oxygens (including phenoxy) is 1. The summed E-state index contributed by atoms with van der Waals surface area (Å²) in [7, 11) is 1.57. The van der Waals surface area contributed by atoms with Gasteiger partial charge in [0.25, 0.3) is 5.91 Å². The molecular weight excluding hydrogens is 300 g/mol. The summed E-state index contributed by atoms with van der Waals surface area (Å²) in [4.78, 5) is 16.7. The molecule has 2 heterocycles. The van der Waals surface area contributed by atoms with Crippen LogP contribution in [0.2, 0.25) is 0 Å². The largest absolute Gasteiger partial charge is 0.495 e. The van der Waals surface area contributed by atoms with Crippen LogP contribution in [0.25, 0.3) is 0 Å². The minimum atomic E-state index is -0.0638. The number of thioether (sulfide) groups is 1. The summed E-state index contributed by atoms with van der Waals surface area (Å²) >= 11 is 4.75. The highest BCUT2D eigenvalue weighted by molar-refractivity contribution is 8.00. The first-order valence-electron chi connectivity index (χ1n) is 5.73. The summed E-state index contributed by atoms with van der Waals surface area (Å²) in [6.07, 6.45) is 2.72. The minimum absolute atomic E-state index is 0.0638. The molecule has 1 amide bonds. The highest BCUT2D eigenvalue weighted by Gasteiger charge is 2.12. The predicted molar refractivity (Wildman–Crippen MR) is 80.7 cm³/mol. The molecule has 0 aliphatic carbocycles. The average Bonchev–Trinajstić information content (AvgIpc) is 3.08. The zero-order chi connectivity index (χ0) is 13.5. The van der Waals surface area contributed by atoms with Crippen molar-refractivity contribution in [1.29, 1.82) is 0 Å². The van der Waals surface area contributed by atoms with Crippen molar-refractivity contribution in [1.82, 2.24) is 10.3 Å². The van der Waals surface area contributed by atoms with Gasteiger partial charge in [0.2, 0.25) is 0 Å². The van der Waals surface area contributed by atoms with Crippen LogP contribution in [-0.2, 0) is 0 Å². The minimum Gasteiger partial charge on any atom is -0.495 e. The van der Waals surface area contributed by atoms with Gasteiger partial charge in [-0.2, -0.15) is 0 Å². The molecule has 0 aromatic carbocycles. The van der Waals surface area contributed by atoms with Gasteiger partial charge in [-0.25, -0.2) is 4.98 Å². The molecule has 0 atom stereocenters. The van der Waals surface area contributed by atoms with Crippen molar-refractivity contribution in [3.05, 3.63) is 27.9 Å². The summed E-state index contributed by atoms with van der Waals surface area (Å²) in [6.45, 7) is 0.665. The molecule has 0 bridgehead atoms. The van der Waals surface area contributed by atoms with E-state index in [1.54, 1.807) is 42.5 Å². The van der Waals surface area contributed by atoms with Crippen LogP contribution < -0.4 is 10.1 Å². The summed E-state index contributed by atoms with van der Waals surface area (Å²) in [5.74, 6) is 1.53. The molecular formula is C12H14N2O2S3. The lowest BCUT2D eigenvalue weighted by Crippen LogP contribution is -2.24. The van der Waals surface area contributed by atoms with E-state index in [9.17, 15) is 4.79 Å². The van der Waals surface area contributed by atoms with Gasteiger partial charge in [0.1, 0.15) is 15.0 Å². The number of amides is 1. The topological polar surface area (TPSA) is 51.2 Å². The molecule has 0 unspecified atom stereocenters. The van der Waals surface area contributed by atoms with Crippen LogP contribution in [0.15, 0.2) is 27.4 Å². The Hall–Kier alpha value is -1.05. The highest BCUT2D eigenvalue weighted by atomic mass is 32.2. The summed E-state index contributed by atoms with van der Waals surface area (Å²) in [5, 5.41) is 6.72. The fourth-order valence-electron chi connectivity index (χ4n) is 1.42. The molecule has 2 rings (SSSR count). The third-order valence-corrected chi connectivity index (χ3v) is 5.24. The number of methoxy groups -OCH3 is 1. The summed E-state index contributed by atoms with van der Waals surface area (Å²) in [5.41, 5.74) is 0. The molecule has 19 heavy (non-hydrogen) atoms. The number of rotatable bonds is 7. The van der Waals surface area contributed by atoms with Crippen LogP contribution in [0.4, 0.5) is 0 Å². The van der Waals surface area contributed by atoms with Crippen LogP contribution in [0.3, 0.4) is 0 Å². The second-order valence-electron chi connectivity index (χ2n) is 3.57. The van der Waals surface area contributed by atoms with Gasteiger partial charge in [-0.1, -0.05) is 11.8 Å². The summed E-state index contributed by atoms with van der Waals surface area (Å²) in [6, 6.07) is 1.80. The molecule has 0 radical (unpaired) electrons. The monoisotopic (exact) mass is 314 g/mol. The maximum Gasteiger partial charge on any atom is 0.265 e. The van der Waals surface area contributed by atoms with Gasteiger partial charge in [-0.05, 0) is 17.9 Å². The van der Waals surface area contributed by atoms with Gasteiger partial charge >= 0.3 is 0 Å². The van der Waals surface area contributed by atoms with Crippen LogP contribution in [-0.4, -0.2) is 30.3 Å². The van der Waals surface area contributed by atoms with Gasteiger partial charge in [-0.3, -0.25) is 4.79 Å². The normalized spacial score (nSPS) is 10.4. The number of nitrogens with one attached hydrogen (secondary N) is 1.